The van der Waals surface area contributed by atoms with Crippen LogP contribution in [-0.4, -0.2) is 56.2 Å². The van der Waals surface area contributed by atoms with Gasteiger partial charge in [-0.2, -0.15) is 0 Å². The van der Waals surface area contributed by atoms with Crippen LogP contribution >= 0.6 is 0 Å². The summed E-state index contributed by atoms with van der Waals surface area (Å²) in [5, 5.41) is 0. The van der Waals surface area contributed by atoms with Crippen molar-refractivity contribution in [2.75, 3.05) is 52.1 Å². The Hall–Kier alpha value is -1.26. The van der Waals surface area contributed by atoms with Gasteiger partial charge in [0.1, 0.15) is 5.75 Å². The second-order valence-corrected chi connectivity index (χ2v) is 6.06. The number of likely N-dealkylation sites (N-methyl/N-ethyl adjacent to an activating group) is 1. The summed E-state index contributed by atoms with van der Waals surface area (Å²) >= 11 is 0. The molecule has 1 aromatic rings. The lowest BCUT2D eigenvalue weighted by atomic mass is 10.1. The lowest BCUT2D eigenvalue weighted by molar-refractivity contribution is 0.123. The number of rotatable bonds is 5. The fourth-order valence-corrected chi connectivity index (χ4v) is 2.52. The average Bonchev–Trinajstić information content (AvgIpc) is 2.42. The van der Waals surface area contributed by atoms with E-state index in [1.54, 1.807) is 0 Å². The van der Waals surface area contributed by atoms with Crippen molar-refractivity contribution in [1.82, 2.24) is 9.80 Å². The van der Waals surface area contributed by atoms with Crippen LogP contribution in [0.25, 0.3) is 0 Å². The molecule has 4 nitrogen and oxygen atoms in total. The lowest BCUT2D eigenvalue weighted by Gasteiger charge is -2.33. The highest BCUT2D eigenvalue weighted by molar-refractivity contribution is 5.53. The Kier molecular flexibility index (Phi) is 5.26. The molecule has 1 atom stereocenters. The number of hydrogen-bond acceptors (Lipinski definition) is 4. The first kappa shape index (κ1) is 15.1. The van der Waals surface area contributed by atoms with Crippen LogP contribution in [0.2, 0.25) is 0 Å². The fraction of sp³-hybridized carbons (Fsp3) is 0.625. The molecule has 0 aromatic heterocycles. The highest BCUT2D eigenvalue weighted by Crippen LogP contribution is 2.23. The topological polar surface area (TPSA) is 41.7 Å². The molecule has 0 saturated carbocycles. The molecule has 112 valence electrons. The van der Waals surface area contributed by atoms with Crippen LogP contribution in [0.15, 0.2) is 18.2 Å². The van der Waals surface area contributed by atoms with Gasteiger partial charge in [-0.05, 0) is 31.7 Å². The van der Waals surface area contributed by atoms with E-state index in [2.05, 4.69) is 30.7 Å². The summed E-state index contributed by atoms with van der Waals surface area (Å²) in [5.74, 6) is 1.33. The number of ether oxygens (including phenoxy) is 1. The van der Waals surface area contributed by atoms with Gasteiger partial charge in [-0.25, -0.2) is 0 Å². The number of nitrogens with zero attached hydrogens (tertiary/aromatic N) is 2. The van der Waals surface area contributed by atoms with Crippen LogP contribution in [0, 0.1) is 12.8 Å². The van der Waals surface area contributed by atoms with Crippen LogP contribution in [0.3, 0.4) is 0 Å². The molecule has 4 heteroatoms. The average molecular weight is 277 g/mol. The first-order valence-electron chi connectivity index (χ1n) is 7.44. The Morgan fingerprint density at radius 2 is 1.95 bits per heavy atom. The second kappa shape index (κ2) is 6.95. The fourth-order valence-electron chi connectivity index (χ4n) is 2.52. The predicted octanol–water partition coefficient (Wildman–Crippen LogP) is 1.84. The Balaban J connectivity index is 1.77. The third kappa shape index (κ3) is 4.39. The molecular weight excluding hydrogens is 250 g/mol. The number of nitrogen functional groups attached to an aromatic ring is 1. The molecule has 1 aliphatic rings. The summed E-state index contributed by atoms with van der Waals surface area (Å²) in [7, 11) is 2.18. The minimum atomic E-state index is 0.512. The maximum absolute atomic E-state index is 5.93. The maximum Gasteiger partial charge on any atom is 0.142 e. The van der Waals surface area contributed by atoms with Crippen molar-refractivity contribution in [3.05, 3.63) is 23.8 Å². The van der Waals surface area contributed by atoms with E-state index < -0.39 is 0 Å². The summed E-state index contributed by atoms with van der Waals surface area (Å²) in [6.45, 7) is 10.8. The third-order valence-electron chi connectivity index (χ3n) is 3.86. The normalized spacial score (nSPS) is 18.9. The molecule has 1 unspecified atom stereocenters. The van der Waals surface area contributed by atoms with E-state index in [9.17, 15) is 0 Å². The molecule has 0 aliphatic carbocycles. The first-order chi connectivity index (χ1) is 9.54. The number of aryl methyl sites for hydroxylation is 1. The zero-order valence-corrected chi connectivity index (χ0v) is 12.9. The zero-order valence-electron chi connectivity index (χ0n) is 12.9. The van der Waals surface area contributed by atoms with Crippen LogP contribution < -0.4 is 10.5 Å². The number of piperazine rings is 1. The van der Waals surface area contributed by atoms with Gasteiger partial charge in [-0.15, -0.1) is 0 Å². The van der Waals surface area contributed by atoms with Gasteiger partial charge in [0.15, 0.2) is 0 Å². The van der Waals surface area contributed by atoms with Crippen molar-refractivity contribution in [2.45, 2.75) is 13.8 Å². The first-order valence-corrected chi connectivity index (χ1v) is 7.44. The van der Waals surface area contributed by atoms with E-state index in [1.165, 1.54) is 18.7 Å². The number of benzene rings is 1. The Bertz CT molecular complexity index is 428. The molecular formula is C16H27N3O. The molecule has 1 heterocycles. The van der Waals surface area contributed by atoms with Crippen LogP contribution in [0.1, 0.15) is 12.5 Å². The van der Waals surface area contributed by atoms with Crippen molar-refractivity contribution in [3.8, 4) is 5.75 Å². The van der Waals surface area contributed by atoms with Gasteiger partial charge in [-0.1, -0.05) is 13.0 Å². The van der Waals surface area contributed by atoms with Crippen LogP contribution in [-0.2, 0) is 0 Å². The Morgan fingerprint density at radius 1 is 1.25 bits per heavy atom. The van der Waals surface area contributed by atoms with E-state index in [1.807, 2.05) is 18.2 Å². The summed E-state index contributed by atoms with van der Waals surface area (Å²) < 4.78 is 5.88. The van der Waals surface area contributed by atoms with Gasteiger partial charge < -0.3 is 20.3 Å². The molecule has 2 N–H and O–H groups in total. The Morgan fingerprint density at radius 3 is 2.65 bits per heavy atom. The van der Waals surface area contributed by atoms with Gasteiger partial charge in [0.05, 0.1) is 12.3 Å². The van der Waals surface area contributed by atoms with Crippen LogP contribution in [0.4, 0.5) is 5.69 Å². The van der Waals surface area contributed by atoms with Crippen molar-refractivity contribution in [3.63, 3.8) is 0 Å². The lowest BCUT2D eigenvalue weighted by Crippen LogP contribution is -2.46. The second-order valence-electron chi connectivity index (χ2n) is 6.06. The van der Waals surface area contributed by atoms with E-state index in [0.29, 0.717) is 5.92 Å². The molecule has 0 bridgehead atoms. The third-order valence-corrected chi connectivity index (χ3v) is 3.86. The summed E-state index contributed by atoms with van der Waals surface area (Å²) in [6.07, 6.45) is 0. The van der Waals surface area contributed by atoms with Crippen molar-refractivity contribution in [2.24, 2.45) is 5.92 Å². The number of hydrogen-bond donors (Lipinski definition) is 1. The summed E-state index contributed by atoms with van der Waals surface area (Å²) in [5.41, 5.74) is 7.84. The highest BCUT2D eigenvalue weighted by Gasteiger charge is 2.16. The predicted molar refractivity (Wildman–Crippen MR) is 84.2 cm³/mol. The van der Waals surface area contributed by atoms with Gasteiger partial charge in [-0.3, -0.25) is 0 Å². The quantitative estimate of drug-likeness (QED) is 0.834. The number of anilines is 1. The van der Waals surface area contributed by atoms with E-state index in [-0.39, 0.29) is 0 Å². The molecule has 20 heavy (non-hydrogen) atoms. The highest BCUT2D eigenvalue weighted by atomic mass is 16.5. The summed E-state index contributed by atoms with van der Waals surface area (Å²) in [4.78, 5) is 4.90. The van der Waals surface area contributed by atoms with Crippen molar-refractivity contribution in [1.29, 1.82) is 0 Å². The van der Waals surface area contributed by atoms with Crippen molar-refractivity contribution >= 4 is 5.69 Å². The molecule has 0 spiro atoms. The van der Waals surface area contributed by atoms with Crippen LogP contribution in [0.5, 0.6) is 5.75 Å². The molecule has 1 aromatic carbocycles. The van der Waals surface area contributed by atoms with E-state index in [0.717, 1.165) is 37.7 Å². The monoisotopic (exact) mass is 277 g/mol. The van der Waals surface area contributed by atoms with E-state index >= 15 is 0 Å². The molecule has 1 saturated heterocycles. The van der Waals surface area contributed by atoms with Gasteiger partial charge >= 0.3 is 0 Å². The smallest absolute Gasteiger partial charge is 0.142 e. The largest absolute Gasteiger partial charge is 0.491 e. The SMILES string of the molecule is Cc1ccc(N)c(OCC(C)CN2CCN(C)CC2)c1. The van der Waals surface area contributed by atoms with Gasteiger partial charge in [0.2, 0.25) is 0 Å². The minimum absolute atomic E-state index is 0.512. The Labute approximate surface area is 122 Å². The molecule has 2 rings (SSSR count). The van der Waals surface area contributed by atoms with Crippen molar-refractivity contribution < 1.29 is 4.74 Å². The standard InChI is InChI=1S/C16H27N3O/c1-13-4-5-15(17)16(10-13)20-12-14(2)11-19-8-6-18(3)7-9-19/h4-5,10,14H,6-9,11-12,17H2,1-3H3. The zero-order chi connectivity index (χ0) is 14.5. The molecule has 1 aliphatic heterocycles. The van der Waals surface area contributed by atoms with Gasteiger partial charge in [0.25, 0.3) is 0 Å². The molecule has 0 radical (unpaired) electrons. The molecule has 1 fully saturated rings. The van der Waals surface area contributed by atoms with Gasteiger partial charge in [0, 0.05) is 38.6 Å². The van der Waals surface area contributed by atoms with E-state index in [4.69, 9.17) is 10.5 Å². The molecule has 0 amide bonds. The summed E-state index contributed by atoms with van der Waals surface area (Å²) in [6, 6.07) is 5.93. The maximum atomic E-state index is 5.93. The number of nitrogens with two attached hydrogens (primary N) is 1. The minimum Gasteiger partial charge on any atom is -0.491 e.